The Morgan fingerprint density at radius 3 is 2.61 bits per heavy atom. The smallest absolute Gasteiger partial charge is 0.312 e. The number of hydrogen-bond acceptors (Lipinski definition) is 4. The number of primary amides is 1. The summed E-state index contributed by atoms with van der Waals surface area (Å²) in [4.78, 5) is 26.5. The van der Waals surface area contributed by atoms with Gasteiger partial charge < -0.3 is 16.4 Å². The fraction of sp³-hybridized carbons (Fsp3) is 0.333. The average Bonchev–Trinajstić information content (AvgIpc) is 2.84. The zero-order valence-electron chi connectivity index (χ0n) is 13.2. The quantitative estimate of drug-likeness (QED) is 0.722. The Balaban J connectivity index is 1.87. The third-order valence-corrected chi connectivity index (χ3v) is 3.18. The summed E-state index contributed by atoms with van der Waals surface area (Å²) in [6.45, 7) is 4.49. The van der Waals surface area contributed by atoms with Crippen LogP contribution >= 0.6 is 0 Å². The molecule has 0 aliphatic rings. The number of pyridine rings is 1. The number of nitrogens with zero attached hydrogens (tertiary/aromatic N) is 3. The van der Waals surface area contributed by atoms with Crippen molar-refractivity contribution in [3.63, 3.8) is 0 Å². The van der Waals surface area contributed by atoms with Crippen LogP contribution in [0.5, 0.6) is 0 Å². The Morgan fingerprint density at radius 2 is 2.04 bits per heavy atom. The van der Waals surface area contributed by atoms with Crippen molar-refractivity contribution in [2.75, 3.05) is 6.54 Å². The first kappa shape index (κ1) is 16.5. The predicted octanol–water partition coefficient (Wildman–Crippen LogP) is 0.559. The molecule has 122 valence electrons. The number of amides is 3. The number of nitrogens with two attached hydrogens (primary N) is 1. The van der Waals surface area contributed by atoms with Crippen LogP contribution in [0.3, 0.4) is 0 Å². The van der Waals surface area contributed by atoms with Crippen LogP contribution in [0.15, 0.2) is 24.4 Å². The van der Waals surface area contributed by atoms with Gasteiger partial charge in [0.25, 0.3) is 0 Å². The second-order valence-electron chi connectivity index (χ2n) is 5.18. The number of carbonyl (C=O) groups is 2. The van der Waals surface area contributed by atoms with Gasteiger partial charge in [-0.1, -0.05) is 6.07 Å². The van der Waals surface area contributed by atoms with Crippen LogP contribution in [-0.4, -0.2) is 33.2 Å². The van der Waals surface area contributed by atoms with E-state index in [0.29, 0.717) is 6.54 Å². The van der Waals surface area contributed by atoms with E-state index in [1.807, 2.05) is 32.0 Å². The molecule has 4 N–H and O–H groups in total. The summed E-state index contributed by atoms with van der Waals surface area (Å²) in [7, 11) is 0. The van der Waals surface area contributed by atoms with E-state index >= 15 is 0 Å². The van der Waals surface area contributed by atoms with Gasteiger partial charge in [0.2, 0.25) is 5.91 Å². The van der Waals surface area contributed by atoms with E-state index in [0.717, 1.165) is 22.8 Å². The Bertz CT molecular complexity index is 692. The Labute approximate surface area is 134 Å². The molecule has 0 aliphatic heterocycles. The second kappa shape index (κ2) is 7.39. The summed E-state index contributed by atoms with van der Waals surface area (Å²) >= 11 is 0. The standard InChI is InChI=1S/C15H20N6O2/c1-10-7-11(2)21(20-10)13-4-3-12(8-18-13)9-19-14(22)5-6-17-15(16)23/h3-4,7-8H,5-6,9H2,1-2H3,(H,19,22)(H3,16,17,23). The zero-order chi connectivity index (χ0) is 16.8. The van der Waals surface area contributed by atoms with Gasteiger partial charge in [-0.3, -0.25) is 4.79 Å². The van der Waals surface area contributed by atoms with Crippen LogP contribution < -0.4 is 16.4 Å². The zero-order valence-corrected chi connectivity index (χ0v) is 13.2. The van der Waals surface area contributed by atoms with Crippen LogP contribution in [0.2, 0.25) is 0 Å². The molecule has 0 unspecified atom stereocenters. The van der Waals surface area contributed by atoms with Crippen molar-refractivity contribution in [2.24, 2.45) is 5.73 Å². The molecule has 0 saturated carbocycles. The van der Waals surface area contributed by atoms with E-state index < -0.39 is 6.03 Å². The lowest BCUT2D eigenvalue weighted by Gasteiger charge is -2.07. The number of aromatic nitrogens is 3. The van der Waals surface area contributed by atoms with Crippen LogP contribution in [0.25, 0.3) is 5.82 Å². The Morgan fingerprint density at radius 1 is 1.26 bits per heavy atom. The molecule has 23 heavy (non-hydrogen) atoms. The number of nitrogens with one attached hydrogen (secondary N) is 2. The van der Waals surface area contributed by atoms with Crippen LogP contribution in [0.4, 0.5) is 4.79 Å². The molecule has 2 rings (SSSR count). The summed E-state index contributed by atoms with van der Waals surface area (Å²) in [5, 5.41) is 9.49. The van der Waals surface area contributed by atoms with Gasteiger partial charge in [0, 0.05) is 31.4 Å². The van der Waals surface area contributed by atoms with Crippen molar-refractivity contribution in [3.8, 4) is 5.82 Å². The van der Waals surface area contributed by atoms with Crippen molar-refractivity contribution in [1.29, 1.82) is 0 Å². The lowest BCUT2D eigenvalue weighted by atomic mass is 10.2. The van der Waals surface area contributed by atoms with Crippen molar-refractivity contribution in [1.82, 2.24) is 25.4 Å². The molecule has 8 heteroatoms. The monoisotopic (exact) mass is 316 g/mol. The van der Waals surface area contributed by atoms with E-state index in [1.165, 1.54) is 0 Å². The van der Waals surface area contributed by atoms with Crippen molar-refractivity contribution in [3.05, 3.63) is 41.3 Å². The van der Waals surface area contributed by atoms with E-state index in [-0.39, 0.29) is 18.9 Å². The molecular formula is C15H20N6O2. The number of carbonyl (C=O) groups excluding carboxylic acids is 2. The van der Waals surface area contributed by atoms with Crippen LogP contribution in [0, 0.1) is 13.8 Å². The predicted molar refractivity (Wildman–Crippen MR) is 84.9 cm³/mol. The summed E-state index contributed by atoms with van der Waals surface area (Å²) < 4.78 is 1.77. The molecule has 2 heterocycles. The lowest BCUT2D eigenvalue weighted by Crippen LogP contribution is -2.33. The highest BCUT2D eigenvalue weighted by molar-refractivity contribution is 5.77. The molecule has 0 bridgehead atoms. The molecule has 0 saturated heterocycles. The second-order valence-corrected chi connectivity index (χ2v) is 5.18. The van der Waals surface area contributed by atoms with Crippen molar-refractivity contribution in [2.45, 2.75) is 26.8 Å². The Kier molecular flexibility index (Phi) is 5.29. The highest BCUT2D eigenvalue weighted by Crippen LogP contribution is 2.10. The Hall–Kier alpha value is -2.90. The van der Waals surface area contributed by atoms with Gasteiger partial charge in [0.1, 0.15) is 0 Å². The number of urea groups is 1. The third-order valence-electron chi connectivity index (χ3n) is 3.18. The highest BCUT2D eigenvalue weighted by Gasteiger charge is 2.06. The maximum Gasteiger partial charge on any atom is 0.312 e. The lowest BCUT2D eigenvalue weighted by molar-refractivity contribution is -0.121. The van der Waals surface area contributed by atoms with Gasteiger partial charge in [0.05, 0.1) is 5.69 Å². The minimum absolute atomic E-state index is 0.165. The summed E-state index contributed by atoms with van der Waals surface area (Å²) in [6, 6.07) is 5.09. The summed E-state index contributed by atoms with van der Waals surface area (Å²) in [5.74, 6) is 0.567. The fourth-order valence-corrected chi connectivity index (χ4v) is 2.10. The molecule has 0 atom stereocenters. The molecule has 3 amide bonds. The van der Waals surface area contributed by atoms with E-state index in [2.05, 4.69) is 20.7 Å². The van der Waals surface area contributed by atoms with E-state index in [4.69, 9.17) is 5.73 Å². The van der Waals surface area contributed by atoms with Crippen LogP contribution in [-0.2, 0) is 11.3 Å². The van der Waals surface area contributed by atoms with Gasteiger partial charge in [-0.25, -0.2) is 14.5 Å². The summed E-state index contributed by atoms with van der Waals surface area (Å²) in [6.07, 6.45) is 1.88. The van der Waals surface area contributed by atoms with Gasteiger partial charge in [-0.05, 0) is 31.5 Å². The minimum Gasteiger partial charge on any atom is -0.352 e. The molecular weight excluding hydrogens is 296 g/mol. The molecule has 0 aromatic carbocycles. The number of aryl methyl sites for hydroxylation is 2. The minimum atomic E-state index is -0.637. The molecule has 0 aliphatic carbocycles. The fourth-order valence-electron chi connectivity index (χ4n) is 2.10. The first-order valence-electron chi connectivity index (χ1n) is 7.24. The van der Waals surface area contributed by atoms with E-state index in [9.17, 15) is 9.59 Å². The molecule has 2 aromatic heterocycles. The number of rotatable bonds is 6. The maximum absolute atomic E-state index is 11.6. The summed E-state index contributed by atoms with van der Waals surface area (Å²) in [5.41, 5.74) is 7.75. The van der Waals surface area contributed by atoms with Gasteiger partial charge in [0.15, 0.2) is 5.82 Å². The van der Waals surface area contributed by atoms with Crippen LogP contribution in [0.1, 0.15) is 23.4 Å². The van der Waals surface area contributed by atoms with Crippen molar-refractivity contribution < 1.29 is 9.59 Å². The normalized spacial score (nSPS) is 10.3. The SMILES string of the molecule is Cc1cc(C)n(-c2ccc(CNC(=O)CCNC(N)=O)cn2)n1. The van der Waals surface area contributed by atoms with Gasteiger partial charge in [-0.2, -0.15) is 5.10 Å². The highest BCUT2D eigenvalue weighted by atomic mass is 16.2. The molecule has 8 nitrogen and oxygen atoms in total. The maximum atomic E-state index is 11.6. The topological polar surface area (TPSA) is 115 Å². The van der Waals surface area contributed by atoms with E-state index in [1.54, 1.807) is 10.9 Å². The molecule has 2 aromatic rings. The van der Waals surface area contributed by atoms with Crippen molar-refractivity contribution >= 4 is 11.9 Å². The number of hydrogen-bond donors (Lipinski definition) is 3. The van der Waals surface area contributed by atoms with Gasteiger partial charge in [-0.15, -0.1) is 0 Å². The molecule has 0 spiro atoms. The molecule has 0 radical (unpaired) electrons. The first-order chi connectivity index (χ1) is 11.0. The average molecular weight is 316 g/mol. The first-order valence-corrected chi connectivity index (χ1v) is 7.24. The largest absolute Gasteiger partial charge is 0.352 e. The third kappa shape index (κ3) is 4.80. The molecule has 0 fully saturated rings. The van der Waals surface area contributed by atoms with Gasteiger partial charge >= 0.3 is 6.03 Å².